The van der Waals surface area contributed by atoms with E-state index >= 15 is 0 Å². The van der Waals surface area contributed by atoms with Gasteiger partial charge in [0.05, 0.1) is 6.54 Å². The second-order valence-corrected chi connectivity index (χ2v) is 4.43. The summed E-state index contributed by atoms with van der Waals surface area (Å²) in [4.78, 5) is 13.6. The van der Waals surface area contributed by atoms with Crippen LogP contribution in [0.1, 0.15) is 19.8 Å². The molecule has 0 radical (unpaired) electrons. The Kier molecular flexibility index (Phi) is 8.61. The van der Waals surface area contributed by atoms with Gasteiger partial charge in [-0.1, -0.05) is 6.92 Å². The number of piperidine rings is 1. The van der Waals surface area contributed by atoms with Crippen molar-refractivity contribution >= 4 is 18.3 Å². The van der Waals surface area contributed by atoms with Crippen LogP contribution in [0.2, 0.25) is 0 Å². The van der Waals surface area contributed by atoms with Crippen LogP contribution in [0, 0.1) is 5.92 Å². The lowest BCUT2D eigenvalue weighted by atomic mass is 10.0. The molecular formula is C11H24ClN3O. The number of rotatable bonds is 5. The smallest absolute Gasteiger partial charge is 0.233 e. The first kappa shape index (κ1) is 15.7. The van der Waals surface area contributed by atoms with Gasteiger partial charge in [0.2, 0.25) is 5.91 Å². The zero-order valence-electron chi connectivity index (χ0n) is 10.3. The molecule has 16 heavy (non-hydrogen) atoms. The highest BCUT2D eigenvalue weighted by Gasteiger charge is 2.15. The predicted molar refractivity (Wildman–Crippen MR) is 69.0 cm³/mol. The average molecular weight is 250 g/mol. The van der Waals surface area contributed by atoms with Crippen LogP contribution < -0.4 is 10.6 Å². The minimum Gasteiger partial charge on any atom is -0.354 e. The van der Waals surface area contributed by atoms with Crippen LogP contribution in [-0.2, 0) is 4.79 Å². The van der Waals surface area contributed by atoms with Crippen molar-refractivity contribution in [3.8, 4) is 0 Å². The summed E-state index contributed by atoms with van der Waals surface area (Å²) >= 11 is 0. The van der Waals surface area contributed by atoms with Crippen molar-refractivity contribution in [1.29, 1.82) is 0 Å². The van der Waals surface area contributed by atoms with Crippen molar-refractivity contribution in [2.24, 2.45) is 5.92 Å². The maximum atomic E-state index is 11.2. The number of nitrogens with one attached hydrogen (secondary N) is 2. The first-order chi connectivity index (χ1) is 7.22. The Morgan fingerprint density at radius 3 is 2.88 bits per heavy atom. The molecule has 0 aliphatic carbocycles. The second kappa shape index (κ2) is 8.79. The Morgan fingerprint density at radius 2 is 2.25 bits per heavy atom. The number of nitrogens with zero attached hydrogens (tertiary/aromatic N) is 1. The molecule has 1 saturated heterocycles. The molecule has 0 bridgehead atoms. The third kappa shape index (κ3) is 6.30. The van der Waals surface area contributed by atoms with Gasteiger partial charge in [-0.15, -0.1) is 12.4 Å². The van der Waals surface area contributed by atoms with Crippen LogP contribution in [-0.4, -0.2) is 50.6 Å². The summed E-state index contributed by atoms with van der Waals surface area (Å²) in [6.07, 6.45) is 2.65. The van der Waals surface area contributed by atoms with Crippen molar-refractivity contribution in [3.05, 3.63) is 0 Å². The summed E-state index contributed by atoms with van der Waals surface area (Å²) in [5, 5.41) is 5.74. The molecule has 0 spiro atoms. The predicted octanol–water partition coefficient (Wildman–Crippen LogP) is 0.476. The molecule has 1 rings (SSSR count). The van der Waals surface area contributed by atoms with Crippen molar-refractivity contribution < 1.29 is 4.79 Å². The Balaban J connectivity index is 0.00000225. The van der Waals surface area contributed by atoms with E-state index < -0.39 is 0 Å². The van der Waals surface area contributed by atoms with Crippen LogP contribution in [0.4, 0.5) is 0 Å². The molecule has 1 unspecified atom stereocenters. The maximum absolute atomic E-state index is 11.2. The van der Waals surface area contributed by atoms with Crippen molar-refractivity contribution in [1.82, 2.24) is 15.5 Å². The number of carbonyl (C=O) groups excluding carboxylic acids is 1. The van der Waals surface area contributed by atoms with E-state index in [0.29, 0.717) is 6.54 Å². The summed E-state index contributed by atoms with van der Waals surface area (Å²) in [5.74, 6) is 0.898. The fourth-order valence-corrected chi connectivity index (χ4v) is 2.07. The van der Waals surface area contributed by atoms with Crippen LogP contribution in [0.3, 0.4) is 0 Å². The van der Waals surface area contributed by atoms with Gasteiger partial charge in [-0.2, -0.15) is 0 Å². The second-order valence-electron chi connectivity index (χ2n) is 4.43. The molecule has 2 N–H and O–H groups in total. The van der Waals surface area contributed by atoms with Gasteiger partial charge in [0.1, 0.15) is 0 Å². The molecule has 5 heteroatoms. The molecule has 1 fully saturated rings. The fraction of sp³-hybridized carbons (Fsp3) is 0.909. The van der Waals surface area contributed by atoms with Crippen molar-refractivity contribution in [2.45, 2.75) is 19.8 Å². The molecule has 1 aliphatic heterocycles. The number of hydrogen-bond acceptors (Lipinski definition) is 3. The Hall–Kier alpha value is -0.320. The quantitative estimate of drug-likeness (QED) is 0.745. The maximum Gasteiger partial charge on any atom is 0.233 e. The van der Waals surface area contributed by atoms with E-state index in [1.807, 2.05) is 0 Å². The van der Waals surface area contributed by atoms with Crippen LogP contribution in [0.15, 0.2) is 0 Å². The molecule has 1 heterocycles. The van der Waals surface area contributed by atoms with Gasteiger partial charge in [-0.05, 0) is 32.4 Å². The lowest BCUT2D eigenvalue weighted by Gasteiger charge is -2.30. The lowest BCUT2D eigenvalue weighted by Crippen LogP contribution is -2.41. The minimum atomic E-state index is 0. The number of amides is 1. The molecule has 1 atom stereocenters. The lowest BCUT2D eigenvalue weighted by molar-refractivity contribution is -0.120. The first-order valence-corrected chi connectivity index (χ1v) is 5.86. The number of hydrogen-bond donors (Lipinski definition) is 2. The minimum absolute atomic E-state index is 0. The summed E-state index contributed by atoms with van der Waals surface area (Å²) in [6.45, 7) is 6.84. The Labute approximate surface area is 105 Å². The zero-order valence-corrected chi connectivity index (χ0v) is 11.1. The fourth-order valence-electron chi connectivity index (χ4n) is 2.07. The zero-order chi connectivity index (χ0) is 11.1. The number of carbonyl (C=O) groups is 1. The molecule has 0 saturated carbocycles. The molecule has 4 nitrogen and oxygen atoms in total. The van der Waals surface area contributed by atoms with Gasteiger partial charge in [0, 0.05) is 19.6 Å². The van der Waals surface area contributed by atoms with Gasteiger partial charge in [-0.3, -0.25) is 4.79 Å². The first-order valence-electron chi connectivity index (χ1n) is 5.86. The van der Waals surface area contributed by atoms with E-state index in [1.54, 1.807) is 7.05 Å². The van der Waals surface area contributed by atoms with Crippen molar-refractivity contribution in [2.75, 3.05) is 39.8 Å². The van der Waals surface area contributed by atoms with Gasteiger partial charge < -0.3 is 15.5 Å². The average Bonchev–Trinajstić information content (AvgIpc) is 2.18. The molecule has 96 valence electrons. The highest BCUT2D eigenvalue weighted by Crippen LogP contribution is 2.14. The summed E-state index contributed by atoms with van der Waals surface area (Å²) in [7, 11) is 1.78. The molecule has 1 aliphatic rings. The monoisotopic (exact) mass is 249 g/mol. The summed E-state index contributed by atoms with van der Waals surface area (Å²) in [6, 6.07) is 0. The van der Waals surface area contributed by atoms with E-state index in [4.69, 9.17) is 0 Å². The van der Waals surface area contributed by atoms with Crippen LogP contribution >= 0.6 is 12.4 Å². The largest absolute Gasteiger partial charge is 0.354 e. The topological polar surface area (TPSA) is 44.4 Å². The normalized spacial score (nSPS) is 21.2. The molecular weight excluding hydrogens is 226 g/mol. The van der Waals surface area contributed by atoms with Gasteiger partial charge >= 0.3 is 0 Å². The van der Waals surface area contributed by atoms with E-state index in [0.717, 1.165) is 19.0 Å². The van der Waals surface area contributed by atoms with Gasteiger partial charge in [-0.25, -0.2) is 0 Å². The highest BCUT2D eigenvalue weighted by molar-refractivity contribution is 5.85. The van der Waals surface area contributed by atoms with Crippen molar-refractivity contribution in [3.63, 3.8) is 0 Å². The number of halogens is 1. The van der Waals surface area contributed by atoms with Crippen LogP contribution in [0.5, 0.6) is 0 Å². The number of likely N-dealkylation sites (N-methyl/N-ethyl adjacent to an activating group) is 1. The molecule has 0 aromatic heterocycles. The molecule has 0 aromatic carbocycles. The SMILES string of the molecule is CNCC(=O)NCCN1CCCC(C)C1.Cl. The Morgan fingerprint density at radius 1 is 1.50 bits per heavy atom. The summed E-state index contributed by atoms with van der Waals surface area (Å²) < 4.78 is 0. The molecule has 0 aromatic rings. The Bertz CT molecular complexity index is 202. The van der Waals surface area contributed by atoms with Crippen LogP contribution in [0.25, 0.3) is 0 Å². The van der Waals surface area contributed by atoms with E-state index in [2.05, 4.69) is 22.5 Å². The van der Waals surface area contributed by atoms with Gasteiger partial charge in [0.25, 0.3) is 0 Å². The third-order valence-electron chi connectivity index (χ3n) is 2.83. The standard InChI is InChI=1S/C11H23N3O.ClH/c1-10-4-3-6-14(9-10)7-5-13-11(15)8-12-2;/h10,12H,3-9H2,1-2H3,(H,13,15);1H. The summed E-state index contributed by atoms with van der Waals surface area (Å²) in [5.41, 5.74) is 0. The third-order valence-corrected chi connectivity index (χ3v) is 2.83. The van der Waals surface area contributed by atoms with Gasteiger partial charge in [0.15, 0.2) is 0 Å². The van der Waals surface area contributed by atoms with E-state index in [9.17, 15) is 4.79 Å². The number of likely N-dealkylation sites (tertiary alicyclic amines) is 1. The highest BCUT2D eigenvalue weighted by atomic mass is 35.5. The van der Waals surface area contributed by atoms with E-state index in [-0.39, 0.29) is 18.3 Å². The molecule has 1 amide bonds. The van der Waals surface area contributed by atoms with E-state index in [1.165, 1.54) is 25.9 Å².